The van der Waals surface area contributed by atoms with Crippen molar-refractivity contribution in [1.82, 2.24) is 10.6 Å². The minimum absolute atomic E-state index is 0.593. The van der Waals surface area contributed by atoms with Crippen LogP contribution in [-0.4, -0.2) is 26.2 Å². The van der Waals surface area contributed by atoms with Crippen LogP contribution in [0.5, 0.6) is 0 Å². The van der Waals surface area contributed by atoms with Crippen molar-refractivity contribution in [3.8, 4) is 0 Å². The van der Waals surface area contributed by atoms with Crippen molar-refractivity contribution in [3.05, 3.63) is 12.2 Å². The molecule has 0 fully saturated rings. The summed E-state index contributed by atoms with van der Waals surface area (Å²) in [6.07, 6.45) is 7.10. The summed E-state index contributed by atoms with van der Waals surface area (Å²) < 4.78 is 0. The highest BCUT2D eigenvalue weighted by Crippen LogP contribution is 2.16. The summed E-state index contributed by atoms with van der Waals surface area (Å²) in [4.78, 5) is 0. The van der Waals surface area contributed by atoms with E-state index in [1.165, 1.54) is 12.8 Å². The maximum absolute atomic E-state index is 3.52. The van der Waals surface area contributed by atoms with Gasteiger partial charge in [-0.3, -0.25) is 0 Å². The van der Waals surface area contributed by atoms with E-state index in [4.69, 9.17) is 0 Å². The van der Waals surface area contributed by atoms with Crippen LogP contribution in [0.15, 0.2) is 12.2 Å². The summed E-state index contributed by atoms with van der Waals surface area (Å²) in [5, 5.41) is 6.69. The second-order valence-electron chi connectivity index (χ2n) is 3.68. The number of nitrogens with one attached hydrogen (secondary N) is 2. The average Bonchev–Trinajstić information content (AvgIpc) is 2.53. The lowest BCUT2D eigenvalue weighted by Crippen LogP contribution is -2.37. The molecular formula is C10H20N2. The van der Waals surface area contributed by atoms with E-state index >= 15 is 0 Å². The zero-order valence-electron chi connectivity index (χ0n) is 8.14. The van der Waals surface area contributed by atoms with Crippen LogP contribution >= 0.6 is 0 Å². The highest BCUT2D eigenvalue weighted by atomic mass is 15.0. The number of likely N-dealkylation sites (N-methyl/N-ethyl adjacent to an activating group) is 1. The van der Waals surface area contributed by atoms with Crippen LogP contribution in [0, 0.1) is 5.92 Å². The Labute approximate surface area is 75.4 Å². The Hall–Kier alpha value is -0.340. The van der Waals surface area contributed by atoms with Crippen molar-refractivity contribution in [2.45, 2.75) is 25.8 Å². The Morgan fingerprint density at radius 1 is 1.42 bits per heavy atom. The van der Waals surface area contributed by atoms with Gasteiger partial charge in [0.15, 0.2) is 0 Å². The van der Waals surface area contributed by atoms with Crippen molar-refractivity contribution in [2.24, 2.45) is 5.92 Å². The molecular weight excluding hydrogens is 148 g/mol. The minimum Gasteiger partial charge on any atom is -0.318 e. The van der Waals surface area contributed by atoms with Gasteiger partial charge in [0.05, 0.1) is 0 Å². The molecule has 1 atom stereocenters. The van der Waals surface area contributed by atoms with Crippen molar-refractivity contribution in [1.29, 1.82) is 0 Å². The first-order chi connectivity index (χ1) is 5.83. The van der Waals surface area contributed by atoms with E-state index in [-0.39, 0.29) is 0 Å². The molecule has 2 heteroatoms. The molecule has 1 unspecified atom stereocenters. The predicted molar refractivity (Wildman–Crippen MR) is 53.3 cm³/mol. The molecule has 1 aliphatic rings. The van der Waals surface area contributed by atoms with Crippen LogP contribution in [0.1, 0.15) is 19.8 Å². The van der Waals surface area contributed by atoms with Crippen LogP contribution in [-0.2, 0) is 0 Å². The molecule has 0 bridgehead atoms. The van der Waals surface area contributed by atoms with Crippen LogP contribution in [0.3, 0.4) is 0 Å². The maximum Gasteiger partial charge on any atom is 0.0164 e. The Kier molecular flexibility index (Phi) is 4.33. The Morgan fingerprint density at radius 3 is 2.67 bits per heavy atom. The van der Waals surface area contributed by atoms with Gasteiger partial charge < -0.3 is 10.6 Å². The van der Waals surface area contributed by atoms with Crippen molar-refractivity contribution >= 4 is 0 Å². The number of hydrogen-bond acceptors (Lipinski definition) is 2. The molecule has 0 radical (unpaired) electrons. The number of rotatable bonds is 5. The van der Waals surface area contributed by atoms with E-state index in [9.17, 15) is 0 Å². The molecule has 2 nitrogen and oxygen atoms in total. The molecule has 0 aromatic rings. The van der Waals surface area contributed by atoms with Gasteiger partial charge in [0.2, 0.25) is 0 Å². The lowest BCUT2D eigenvalue weighted by molar-refractivity contribution is 0.445. The number of allylic oxidation sites excluding steroid dienone is 2. The quantitative estimate of drug-likeness (QED) is 0.602. The first-order valence-corrected chi connectivity index (χ1v) is 4.86. The predicted octanol–water partition coefficient (Wildman–Crippen LogP) is 1.15. The normalized spacial score (nSPS) is 20.2. The lowest BCUT2D eigenvalue weighted by Gasteiger charge is -2.16. The highest BCUT2D eigenvalue weighted by Gasteiger charge is 2.10. The van der Waals surface area contributed by atoms with Gasteiger partial charge in [-0.1, -0.05) is 12.2 Å². The van der Waals surface area contributed by atoms with Gasteiger partial charge >= 0.3 is 0 Å². The van der Waals surface area contributed by atoms with Crippen molar-refractivity contribution < 1.29 is 0 Å². The van der Waals surface area contributed by atoms with Crippen LogP contribution < -0.4 is 10.6 Å². The van der Waals surface area contributed by atoms with E-state index in [1.54, 1.807) is 0 Å². The summed E-state index contributed by atoms with van der Waals surface area (Å²) in [7, 11) is 2.00. The zero-order valence-corrected chi connectivity index (χ0v) is 8.14. The fourth-order valence-corrected chi connectivity index (χ4v) is 1.59. The standard InChI is InChI=1S/C10H20N2/c1-9(7-11-2)12-8-10-5-3-4-6-10/h3-4,9-12H,5-8H2,1-2H3. The Bertz CT molecular complexity index is 135. The van der Waals surface area contributed by atoms with Gasteiger partial charge in [-0.15, -0.1) is 0 Å². The van der Waals surface area contributed by atoms with Crippen LogP contribution in [0.2, 0.25) is 0 Å². The minimum atomic E-state index is 0.593. The molecule has 1 aliphatic carbocycles. The third-order valence-electron chi connectivity index (χ3n) is 2.37. The SMILES string of the molecule is CNCC(C)NCC1CC=CC1. The molecule has 1 rings (SSSR count). The molecule has 0 saturated carbocycles. The molecule has 70 valence electrons. The molecule has 0 aromatic heterocycles. The third kappa shape index (κ3) is 3.37. The molecule has 0 aromatic carbocycles. The van der Waals surface area contributed by atoms with E-state index in [0.717, 1.165) is 19.0 Å². The molecule has 12 heavy (non-hydrogen) atoms. The van der Waals surface area contributed by atoms with E-state index in [1.807, 2.05) is 7.05 Å². The van der Waals surface area contributed by atoms with Crippen molar-refractivity contribution in [3.63, 3.8) is 0 Å². The molecule has 0 spiro atoms. The molecule has 0 amide bonds. The van der Waals surface area contributed by atoms with Gasteiger partial charge in [0.25, 0.3) is 0 Å². The zero-order chi connectivity index (χ0) is 8.81. The van der Waals surface area contributed by atoms with Crippen LogP contribution in [0.4, 0.5) is 0 Å². The van der Waals surface area contributed by atoms with Gasteiger partial charge in [-0.25, -0.2) is 0 Å². The molecule has 2 N–H and O–H groups in total. The van der Waals surface area contributed by atoms with E-state index in [2.05, 4.69) is 29.7 Å². The topological polar surface area (TPSA) is 24.1 Å². The van der Waals surface area contributed by atoms with Gasteiger partial charge in [-0.2, -0.15) is 0 Å². The fourth-order valence-electron chi connectivity index (χ4n) is 1.59. The second kappa shape index (κ2) is 5.33. The maximum atomic E-state index is 3.52. The second-order valence-corrected chi connectivity index (χ2v) is 3.68. The smallest absolute Gasteiger partial charge is 0.0164 e. The molecule has 0 heterocycles. The summed E-state index contributed by atoms with van der Waals surface area (Å²) in [6.45, 7) is 4.44. The largest absolute Gasteiger partial charge is 0.318 e. The Balaban J connectivity index is 2.00. The summed E-state index contributed by atoms with van der Waals surface area (Å²) in [5.74, 6) is 0.851. The van der Waals surface area contributed by atoms with Crippen molar-refractivity contribution in [2.75, 3.05) is 20.1 Å². The molecule has 0 saturated heterocycles. The first kappa shape index (κ1) is 9.75. The summed E-state index contributed by atoms with van der Waals surface area (Å²) >= 11 is 0. The van der Waals surface area contributed by atoms with E-state index in [0.29, 0.717) is 6.04 Å². The first-order valence-electron chi connectivity index (χ1n) is 4.86. The highest BCUT2D eigenvalue weighted by molar-refractivity contribution is 4.94. The van der Waals surface area contributed by atoms with Crippen LogP contribution in [0.25, 0.3) is 0 Å². The number of hydrogen-bond donors (Lipinski definition) is 2. The molecule has 0 aliphatic heterocycles. The van der Waals surface area contributed by atoms with Gasteiger partial charge in [-0.05, 0) is 39.3 Å². The van der Waals surface area contributed by atoms with E-state index < -0.39 is 0 Å². The average molecular weight is 168 g/mol. The Morgan fingerprint density at radius 2 is 2.08 bits per heavy atom. The lowest BCUT2D eigenvalue weighted by atomic mass is 10.1. The monoisotopic (exact) mass is 168 g/mol. The fraction of sp³-hybridized carbons (Fsp3) is 0.800. The van der Waals surface area contributed by atoms with Gasteiger partial charge in [0.1, 0.15) is 0 Å². The third-order valence-corrected chi connectivity index (χ3v) is 2.37. The summed E-state index contributed by atoms with van der Waals surface area (Å²) in [5.41, 5.74) is 0. The summed E-state index contributed by atoms with van der Waals surface area (Å²) in [6, 6.07) is 0.593. The van der Waals surface area contributed by atoms with Gasteiger partial charge in [0, 0.05) is 12.6 Å².